The second-order valence-corrected chi connectivity index (χ2v) is 6.89. The zero-order valence-electron chi connectivity index (χ0n) is 14.1. The van der Waals surface area contributed by atoms with Crippen molar-refractivity contribution in [2.45, 2.75) is 58.2 Å². The Hall–Kier alpha value is -0.890. The van der Waals surface area contributed by atoms with Gasteiger partial charge < -0.3 is 14.2 Å². The van der Waals surface area contributed by atoms with Gasteiger partial charge in [-0.2, -0.15) is 25.3 Å². The van der Waals surface area contributed by atoms with Crippen LogP contribution in [0.3, 0.4) is 0 Å². The molecule has 6 nitrogen and oxygen atoms in total. The lowest BCUT2D eigenvalue weighted by atomic mass is 10.0. The third-order valence-electron chi connectivity index (χ3n) is 2.94. The van der Waals surface area contributed by atoms with E-state index in [1.54, 1.807) is 27.7 Å². The van der Waals surface area contributed by atoms with Crippen molar-refractivity contribution in [1.29, 1.82) is 0 Å². The molecule has 0 saturated heterocycles. The first-order valence-electron chi connectivity index (χ1n) is 7.32. The Bertz CT molecular complexity index is 420. The third-order valence-corrected chi connectivity index (χ3v) is 3.45. The highest BCUT2D eigenvalue weighted by molar-refractivity contribution is 7.81. The Balaban J connectivity index is 4.08. The fourth-order valence-electron chi connectivity index (χ4n) is 1.67. The highest BCUT2D eigenvalue weighted by Gasteiger charge is 2.25. The number of rotatable bonds is 10. The molecule has 0 atom stereocenters. The monoisotopic (exact) mass is 366 g/mol. The van der Waals surface area contributed by atoms with Crippen molar-refractivity contribution in [3.8, 4) is 0 Å². The van der Waals surface area contributed by atoms with Crippen molar-refractivity contribution in [3.05, 3.63) is 0 Å². The Morgan fingerprint density at radius 3 is 1.65 bits per heavy atom. The molecule has 134 valence electrons. The first-order chi connectivity index (χ1) is 10.5. The summed E-state index contributed by atoms with van der Waals surface area (Å²) in [5, 5.41) is 0. The van der Waals surface area contributed by atoms with Crippen molar-refractivity contribution in [3.63, 3.8) is 0 Å². The molecule has 0 unspecified atom stereocenters. The molecule has 0 rings (SSSR count). The summed E-state index contributed by atoms with van der Waals surface area (Å²) in [5.74, 6) is -1.25. The van der Waals surface area contributed by atoms with Crippen LogP contribution in [0.4, 0.5) is 0 Å². The van der Waals surface area contributed by atoms with Crippen LogP contribution < -0.4 is 0 Å². The lowest BCUT2D eigenvalue weighted by Gasteiger charge is -2.25. The van der Waals surface area contributed by atoms with Gasteiger partial charge in [-0.05, 0) is 34.1 Å². The minimum atomic E-state index is -0.750. The average molecular weight is 367 g/mol. The van der Waals surface area contributed by atoms with Crippen LogP contribution in [0.15, 0.2) is 0 Å². The van der Waals surface area contributed by atoms with Gasteiger partial charge in [0.1, 0.15) is 11.2 Å². The third kappa shape index (κ3) is 11.3. The molecule has 0 fully saturated rings. The molecule has 0 aliphatic heterocycles. The van der Waals surface area contributed by atoms with E-state index in [9.17, 15) is 14.4 Å². The van der Waals surface area contributed by atoms with E-state index in [4.69, 9.17) is 14.2 Å². The molecule has 0 bridgehead atoms. The van der Waals surface area contributed by atoms with E-state index in [0.717, 1.165) is 0 Å². The molecule has 0 saturated carbocycles. The first kappa shape index (κ1) is 22.1. The standard InChI is InChI=1S/C15H26O6S2/c1-14(2,20-12(17)9-22)6-5-11(16)19-8-7-15(3,4)21-13(18)10-23/h22-23H,5-10H2,1-4H3. The van der Waals surface area contributed by atoms with Crippen LogP contribution in [0.1, 0.15) is 47.0 Å². The van der Waals surface area contributed by atoms with Gasteiger partial charge in [-0.1, -0.05) is 0 Å². The molecule has 0 amide bonds. The van der Waals surface area contributed by atoms with E-state index in [1.165, 1.54) is 0 Å². The number of hydrogen-bond acceptors (Lipinski definition) is 8. The SMILES string of the molecule is CC(C)(CCOC(=O)CCC(C)(C)OC(=O)CS)OC(=O)CS. The molecule has 0 aromatic carbocycles. The molecule has 8 heteroatoms. The number of esters is 3. The maximum absolute atomic E-state index is 11.7. The summed E-state index contributed by atoms with van der Waals surface area (Å²) in [4.78, 5) is 34.1. The second-order valence-electron chi connectivity index (χ2n) is 6.25. The summed E-state index contributed by atoms with van der Waals surface area (Å²) in [6.07, 6.45) is 0.864. The largest absolute Gasteiger partial charge is 0.466 e. The van der Waals surface area contributed by atoms with Crippen LogP contribution in [0, 0.1) is 0 Å². The number of thiol groups is 2. The van der Waals surface area contributed by atoms with Crippen molar-refractivity contribution < 1.29 is 28.6 Å². The van der Waals surface area contributed by atoms with Gasteiger partial charge >= 0.3 is 17.9 Å². The molecule has 23 heavy (non-hydrogen) atoms. The van der Waals surface area contributed by atoms with Gasteiger partial charge in [0.15, 0.2) is 0 Å². The van der Waals surface area contributed by atoms with Gasteiger partial charge in [0.2, 0.25) is 0 Å². The van der Waals surface area contributed by atoms with Gasteiger partial charge in [0.25, 0.3) is 0 Å². The Labute approximate surface area is 148 Å². The normalized spacial score (nSPS) is 11.7. The van der Waals surface area contributed by atoms with E-state index < -0.39 is 29.1 Å². The molecule has 0 radical (unpaired) electrons. The van der Waals surface area contributed by atoms with Crippen molar-refractivity contribution >= 4 is 43.2 Å². The molecular weight excluding hydrogens is 340 g/mol. The Kier molecular flexibility index (Phi) is 9.68. The summed E-state index contributed by atoms with van der Waals surface area (Å²) in [7, 11) is 0. The molecule has 0 heterocycles. The second kappa shape index (κ2) is 10.1. The maximum Gasteiger partial charge on any atom is 0.316 e. The number of ether oxygens (including phenoxy) is 3. The molecule has 0 aliphatic rings. The van der Waals surface area contributed by atoms with Crippen LogP contribution in [0.2, 0.25) is 0 Å². The van der Waals surface area contributed by atoms with Crippen molar-refractivity contribution in [2.75, 3.05) is 18.1 Å². The van der Waals surface area contributed by atoms with E-state index in [2.05, 4.69) is 25.3 Å². The van der Waals surface area contributed by atoms with E-state index in [0.29, 0.717) is 12.8 Å². The predicted molar refractivity (Wildman–Crippen MR) is 92.9 cm³/mol. The highest BCUT2D eigenvalue weighted by atomic mass is 32.1. The van der Waals surface area contributed by atoms with Gasteiger partial charge in [-0.3, -0.25) is 14.4 Å². The summed E-state index contributed by atoms with van der Waals surface area (Å²) < 4.78 is 15.4. The molecule has 0 aromatic rings. The van der Waals surface area contributed by atoms with Crippen molar-refractivity contribution in [1.82, 2.24) is 0 Å². The van der Waals surface area contributed by atoms with E-state index in [-0.39, 0.29) is 24.5 Å². The summed E-state index contributed by atoms with van der Waals surface area (Å²) in [5.41, 5.74) is -1.47. The first-order valence-corrected chi connectivity index (χ1v) is 8.59. The van der Waals surface area contributed by atoms with Crippen LogP contribution >= 0.6 is 25.3 Å². The summed E-state index contributed by atoms with van der Waals surface area (Å²) in [6, 6.07) is 0. The highest BCUT2D eigenvalue weighted by Crippen LogP contribution is 2.19. The quantitative estimate of drug-likeness (QED) is 0.351. The summed E-state index contributed by atoms with van der Waals surface area (Å²) in [6.45, 7) is 7.07. The van der Waals surface area contributed by atoms with Crippen molar-refractivity contribution in [2.24, 2.45) is 0 Å². The molecule has 0 aromatic heterocycles. The molecule has 0 aliphatic carbocycles. The number of carbonyl (C=O) groups is 3. The number of hydrogen-bond donors (Lipinski definition) is 2. The topological polar surface area (TPSA) is 78.9 Å². The van der Waals surface area contributed by atoms with Gasteiger partial charge in [-0.15, -0.1) is 0 Å². The minimum Gasteiger partial charge on any atom is -0.466 e. The fourth-order valence-corrected chi connectivity index (χ4v) is 1.80. The van der Waals surface area contributed by atoms with Crippen LogP contribution in [-0.4, -0.2) is 47.2 Å². The van der Waals surface area contributed by atoms with Gasteiger partial charge in [-0.25, -0.2) is 0 Å². The lowest BCUT2D eigenvalue weighted by molar-refractivity contribution is -0.159. The average Bonchev–Trinajstić information content (AvgIpc) is 2.43. The summed E-state index contributed by atoms with van der Waals surface area (Å²) >= 11 is 7.67. The smallest absolute Gasteiger partial charge is 0.316 e. The van der Waals surface area contributed by atoms with Gasteiger partial charge in [0.05, 0.1) is 18.1 Å². The molecular formula is C15H26O6S2. The zero-order chi connectivity index (χ0) is 18.1. The predicted octanol–water partition coefficient (Wildman–Crippen LogP) is 2.20. The van der Waals surface area contributed by atoms with E-state index in [1.807, 2.05) is 0 Å². The number of carbonyl (C=O) groups excluding carboxylic acids is 3. The van der Waals surface area contributed by atoms with Gasteiger partial charge in [0, 0.05) is 12.8 Å². The molecule has 0 spiro atoms. The minimum absolute atomic E-state index is 0.00328. The van der Waals surface area contributed by atoms with E-state index >= 15 is 0 Å². The maximum atomic E-state index is 11.7. The molecule has 0 N–H and O–H groups in total. The Morgan fingerprint density at radius 1 is 0.783 bits per heavy atom. The fraction of sp³-hybridized carbons (Fsp3) is 0.800. The van der Waals surface area contributed by atoms with Crippen LogP contribution in [0.5, 0.6) is 0 Å². The van der Waals surface area contributed by atoms with Crippen LogP contribution in [-0.2, 0) is 28.6 Å². The Morgan fingerprint density at radius 2 is 1.22 bits per heavy atom. The lowest BCUT2D eigenvalue weighted by Crippen LogP contribution is -2.31. The zero-order valence-corrected chi connectivity index (χ0v) is 15.9. The van der Waals surface area contributed by atoms with Crippen LogP contribution in [0.25, 0.3) is 0 Å².